The second-order valence-corrected chi connectivity index (χ2v) is 6.64. The number of benzene rings is 2. The predicted octanol–water partition coefficient (Wildman–Crippen LogP) is 4.37. The van der Waals surface area contributed by atoms with Crippen molar-refractivity contribution < 1.29 is 13.9 Å². The smallest absolute Gasteiger partial charge is 0.208 e. The van der Waals surface area contributed by atoms with Crippen LogP contribution in [-0.2, 0) is 0 Å². The van der Waals surface area contributed by atoms with E-state index in [1.807, 2.05) is 24.3 Å². The van der Waals surface area contributed by atoms with Crippen molar-refractivity contribution in [1.29, 1.82) is 0 Å². The molecule has 2 aromatic carbocycles. The van der Waals surface area contributed by atoms with Crippen LogP contribution in [0.25, 0.3) is 11.4 Å². The van der Waals surface area contributed by atoms with Gasteiger partial charge < -0.3 is 4.74 Å². The van der Waals surface area contributed by atoms with Crippen LogP contribution >= 0.6 is 11.8 Å². The lowest BCUT2D eigenvalue weighted by atomic mass is 10.1. The molecule has 0 unspecified atom stereocenters. The molecule has 3 rings (SSSR count). The number of nitrogens with zero attached hydrogens (tertiary/aromatic N) is 2. The molecule has 0 radical (unpaired) electrons. The highest BCUT2D eigenvalue weighted by Crippen LogP contribution is 2.22. The lowest BCUT2D eigenvalue weighted by Crippen LogP contribution is -1.99. The lowest BCUT2D eigenvalue weighted by molar-refractivity contribution is 0.0982. The van der Waals surface area contributed by atoms with Crippen LogP contribution in [0.5, 0.6) is 5.75 Å². The second kappa shape index (κ2) is 8.62. The molecule has 3 aromatic rings. The first kappa shape index (κ1) is 18.1. The highest BCUT2D eigenvalue weighted by atomic mass is 32.2. The quantitative estimate of drug-likeness (QED) is 0.362. The van der Waals surface area contributed by atoms with E-state index >= 15 is 0 Å². The number of halogens is 1. The zero-order valence-electron chi connectivity index (χ0n) is 14.2. The molecule has 0 aliphatic rings. The number of H-pyrrole nitrogens is 1. The zero-order chi connectivity index (χ0) is 18.4. The number of hydrogen-bond acceptors (Lipinski definition) is 5. The molecule has 0 amide bonds. The number of nitrogens with one attached hydrogen (secondary N) is 1. The molecule has 1 N–H and O–H groups in total. The van der Waals surface area contributed by atoms with Gasteiger partial charge in [-0.25, -0.2) is 9.37 Å². The van der Waals surface area contributed by atoms with Crippen LogP contribution < -0.4 is 4.74 Å². The van der Waals surface area contributed by atoms with Gasteiger partial charge in [-0.2, -0.15) is 0 Å². The summed E-state index contributed by atoms with van der Waals surface area (Å²) in [6.07, 6.45) is 1.11. The van der Waals surface area contributed by atoms with Crippen molar-refractivity contribution in [1.82, 2.24) is 15.2 Å². The summed E-state index contributed by atoms with van der Waals surface area (Å²) in [5, 5.41) is 7.75. The molecule has 5 nitrogen and oxygen atoms in total. The Morgan fingerprint density at radius 2 is 1.88 bits per heavy atom. The van der Waals surface area contributed by atoms with Gasteiger partial charge in [-0.15, -0.1) is 5.10 Å². The summed E-state index contributed by atoms with van der Waals surface area (Å²) in [7, 11) is 1.62. The summed E-state index contributed by atoms with van der Waals surface area (Å²) in [6, 6.07) is 13.2. The summed E-state index contributed by atoms with van der Waals surface area (Å²) in [5.41, 5.74) is 1.47. The second-order valence-electron chi connectivity index (χ2n) is 5.58. The normalized spacial score (nSPS) is 10.7. The molecule has 134 valence electrons. The molecular weight excluding hydrogens is 353 g/mol. The molecule has 1 heterocycles. The van der Waals surface area contributed by atoms with Gasteiger partial charge in [-0.3, -0.25) is 9.89 Å². The van der Waals surface area contributed by atoms with Crippen LogP contribution in [-0.4, -0.2) is 33.8 Å². The van der Waals surface area contributed by atoms with E-state index in [4.69, 9.17) is 4.74 Å². The highest BCUT2D eigenvalue weighted by molar-refractivity contribution is 7.99. The van der Waals surface area contributed by atoms with Gasteiger partial charge in [0, 0.05) is 23.3 Å². The number of thioether (sulfide) groups is 1. The van der Waals surface area contributed by atoms with E-state index in [0.29, 0.717) is 29.4 Å². The van der Waals surface area contributed by atoms with Crippen LogP contribution in [0.3, 0.4) is 0 Å². The number of ketones is 1. The topological polar surface area (TPSA) is 67.9 Å². The third kappa shape index (κ3) is 4.70. The summed E-state index contributed by atoms with van der Waals surface area (Å²) >= 11 is 1.49. The minimum Gasteiger partial charge on any atom is -0.497 e. The van der Waals surface area contributed by atoms with E-state index in [2.05, 4.69) is 15.2 Å². The molecule has 0 fully saturated rings. The maximum absolute atomic E-state index is 12.9. The van der Waals surface area contributed by atoms with Crippen LogP contribution in [0, 0.1) is 5.82 Å². The fourth-order valence-corrected chi connectivity index (χ4v) is 3.10. The monoisotopic (exact) mass is 371 g/mol. The lowest BCUT2D eigenvalue weighted by Gasteiger charge is -2.00. The van der Waals surface area contributed by atoms with Crippen LogP contribution in [0.15, 0.2) is 53.7 Å². The van der Waals surface area contributed by atoms with E-state index in [-0.39, 0.29) is 11.6 Å². The summed E-state index contributed by atoms with van der Waals surface area (Å²) in [4.78, 5) is 16.5. The van der Waals surface area contributed by atoms with Gasteiger partial charge in [-0.05, 0) is 55.0 Å². The van der Waals surface area contributed by atoms with E-state index in [1.165, 1.54) is 36.0 Å². The Morgan fingerprint density at radius 3 is 2.58 bits per heavy atom. The van der Waals surface area contributed by atoms with E-state index < -0.39 is 0 Å². The molecule has 0 saturated heterocycles. The number of ether oxygens (including phenoxy) is 1. The minimum atomic E-state index is -0.339. The number of rotatable bonds is 8. The van der Waals surface area contributed by atoms with Crippen molar-refractivity contribution in [2.24, 2.45) is 0 Å². The first-order valence-corrected chi connectivity index (χ1v) is 9.12. The van der Waals surface area contributed by atoms with Gasteiger partial charge >= 0.3 is 0 Å². The molecule has 1 aromatic heterocycles. The van der Waals surface area contributed by atoms with Gasteiger partial charge in [0.05, 0.1) is 7.11 Å². The number of Topliss-reactive ketones (excluding diaryl/α,β-unsaturated/α-hetero) is 1. The van der Waals surface area contributed by atoms with E-state index in [0.717, 1.165) is 17.1 Å². The Kier molecular flexibility index (Phi) is 6.01. The molecule has 0 bridgehead atoms. The average Bonchev–Trinajstić information content (AvgIpc) is 3.14. The number of aromatic amines is 1. The number of carbonyl (C=O) groups excluding carboxylic acids is 1. The standard InChI is InChI=1S/C19H18FN3O2S/c1-25-16-10-6-14(7-11-16)18-21-19(23-22-18)26-12-2-3-17(24)13-4-8-15(20)9-5-13/h4-11H,2-3,12H2,1H3,(H,21,22,23). The third-order valence-corrected chi connectivity index (χ3v) is 4.71. The molecule has 0 aliphatic carbocycles. The van der Waals surface area contributed by atoms with Crippen molar-refractivity contribution in [3.63, 3.8) is 0 Å². The van der Waals surface area contributed by atoms with Gasteiger partial charge in [0.15, 0.2) is 11.6 Å². The SMILES string of the molecule is COc1ccc(-c2nc(SCCCC(=O)c3ccc(F)cc3)n[nH]2)cc1. The number of methoxy groups -OCH3 is 1. The molecule has 7 heteroatoms. The third-order valence-electron chi connectivity index (χ3n) is 3.77. The Labute approximate surface area is 155 Å². The maximum atomic E-state index is 12.9. The van der Waals surface area contributed by atoms with Crippen molar-refractivity contribution in [3.8, 4) is 17.1 Å². The fourth-order valence-electron chi connectivity index (χ4n) is 2.37. The zero-order valence-corrected chi connectivity index (χ0v) is 15.1. The molecular formula is C19H18FN3O2S. The number of hydrogen-bond donors (Lipinski definition) is 1. The van der Waals surface area contributed by atoms with Gasteiger partial charge in [0.1, 0.15) is 11.6 Å². The van der Waals surface area contributed by atoms with Gasteiger partial charge in [-0.1, -0.05) is 11.8 Å². The van der Waals surface area contributed by atoms with Crippen LogP contribution in [0.4, 0.5) is 4.39 Å². The first-order valence-electron chi connectivity index (χ1n) is 8.14. The average molecular weight is 371 g/mol. The van der Waals surface area contributed by atoms with Crippen molar-refractivity contribution in [3.05, 3.63) is 59.9 Å². The van der Waals surface area contributed by atoms with Crippen LogP contribution in [0.1, 0.15) is 23.2 Å². The van der Waals surface area contributed by atoms with Crippen molar-refractivity contribution in [2.45, 2.75) is 18.0 Å². The first-order chi connectivity index (χ1) is 12.7. The Bertz CT molecular complexity index is 863. The molecule has 0 saturated carbocycles. The molecule has 0 atom stereocenters. The Balaban J connectivity index is 1.47. The maximum Gasteiger partial charge on any atom is 0.208 e. The summed E-state index contributed by atoms with van der Waals surface area (Å²) in [5.74, 6) is 1.88. The molecule has 0 aliphatic heterocycles. The molecule has 26 heavy (non-hydrogen) atoms. The van der Waals surface area contributed by atoms with Gasteiger partial charge in [0.25, 0.3) is 0 Å². The fraction of sp³-hybridized carbons (Fsp3) is 0.211. The number of carbonyl (C=O) groups is 1. The van der Waals surface area contributed by atoms with E-state index in [1.54, 1.807) is 7.11 Å². The Morgan fingerprint density at radius 1 is 1.15 bits per heavy atom. The van der Waals surface area contributed by atoms with Crippen molar-refractivity contribution in [2.75, 3.05) is 12.9 Å². The number of aromatic nitrogens is 3. The van der Waals surface area contributed by atoms with E-state index in [9.17, 15) is 9.18 Å². The highest BCUT2D eigenvalue weighted by Gasteiger charge is 2.09. The van der Waals surface area contributed by atoms with Crippen molar-refractivity contribution >= 4 is 17.5 Å². The minimum absolute atomic E-state index is 0.0134. The largest absolute Gasteiger partial charge is 0.497 e. The van der Waals surface area contributed by atoms with Crippen LogP contribution in [0.2, 0.25) is 0 Å². The molecule has 0 spiro atoms. The Hall–Kier alpha value is -2.67. The summed E-state index contributed by atoms with van der Waals surface area (Å²) in [6.45, 7) is 0. The van der Waals surface area contributed by atoms with Gasteiger partial charge in [0.2, 0.25) is 5.16 Å². The predicted molar refractivity (Wildman–Crippen MR) is 99.1 cm³/mol. The summed E-state index contributed by atoms with van der Waals surface area (Å²) < 4.78 is 18.0.